The minimum Gasteiger partial charge on any atom is -0.486 e. The molecular formula is C23H25ClN4O2S. The Morgan fingerprint density at radius 1 is 0.935 bits per heavy atom. The average Bonchev–Trinajstić information content (AvgIpc) is 3.44. The number of benzene rings is 2. The van der Waals surface area contributed by atoms with Gasteiger partial charge in [0.2, 0.25) is 0 Å². The summed E-state index contributed by atoms with van der Waals surface area (Å²) in [6.07, 6.45) is 2.53. The summed E-state index contributed by atoms with van der Waals surface area (Å²) in [4.78, 5) is 2.46. The van der Waals surface area contributed by atoms with Crippen LogP contribution in [0.5, 0.6) is 11.5 Å². The van der Waals surface area contributed by atoms with Gasteiger partial charge in [-0.25, -0.2) is 0 Å². The molecule has 31 heavy (non-hydrogen) atoms. The van der Waals surface area contributed by atoms with Crippen molar-refractivity contribution in [3.05, 3.63) is 64.4 Å². The number of thioether (sulfide) groups is 1. The van der Waals surface area contributed by atoms with Gasteiger partial charge in [0.05, 0.1) is 18.1 Å². The second-order valence-corrected chi connectivity index (χ2v) is 9.19. The van der Waals surface area contributed by atoms with Crippen LogP contribution in [0.25, 0.3) is 0 Å². The molecule has 162 valence electrons. The molecule has 3 heterocycles. The second-order valence-electron chi connectivity index (χ2n) is 7.84. The number of rotatable bonds is 7. The minimum atomic E-state index is 0.531. The summed E-state index contributed by atoms with van der Waals surface area (Å²) >= 11 is 8.09. The Morgan fingerprint density at radius 3 is 2.58 bits per heavy atom. The summed E-state index contributed by atoms with van der Waals surface area (Å²) in [7, 11) is 0. The molecule has 1 aromatic heterocycles. The van der Waals surface area contributed by atoms with Crippen LogP contribution in [0.3, 0.4) is 0 Å². The quantitative estimate of drug-likeness (QED) is 0.483. The number of likely N-dealkylation sites (tertiary alicyclic amines) is 1. The highest BCUT2D eigenvalue weighted by Crippen LogP contribution is 2.39. The number of fused-ring (bicyclic) bond motifs is 1. The lowest BCUT2D eigenvalue weighted by Crippen LogP contribution is -2.21. The molecule has 8 heteroatoms. The molecule has 0 unspecified atom stereocenters. The zero-order valence-electron chi connectivity index (χ0n) is 17.3. The van der Waals surface area contributed by atoms with Crippen LogP contribution >= 0.6 is 23.4 Å². The highest BCUT2D eigenvalue weighted by Gasteiger charge is 2.20. The Kier molecular flexibility index (Phi) is 6.34. The van der Waals surface area contributed by atoms with E-state index in [4.69, 9.17) is 21.1 Å². The van der Waals surface area contributed by atoms with E-state index in [9.17, 15) is 0 Å². The second kappa shape index (κ2) is 9.51. The molecule has 0 N–H and O–H groups in total. The largest absolute Gasteiger partial charge is 0.486 e. The van der Waals surface area contributed by atoms with E-state index >= 15 is 0 Å². The van der Waals surface area contributed by atoms with Gasteiger partial charge >= 0.3 is 0 Å². The smallest absolute Gasteiger partial charge is 0.191 e. The molecule has 2 aromatic carbocycles. The maximum atomic E-state index is 6.41. The predicted octanol–water partition coefficient (Wildman–Crippen LogP) is 4.64. The zero-order valence-corrected chi connectivity index (χ0v) is 18.9. The third-order valence-electron chi connectivity index (χ3n) is 5.57. The van der Waals surface area contributed by atoms with Crippen molar-refractivity contribution in [2.24, 2.45) is 0 Å². The SMILES string of the molecule is Clc1cc(CSc2nnc(CN3CCCC3)n2Cc2ccccc2)cc2c1OCCO2. The lowest BCUT2D eigenvalue weighted by atomic mass is 10.2. The third-order valence-corrected chi connectivity index (χ3v) is 6.88. The number of ether oxygens (including phenoxy) is 2. The molecule has 2 aliphatic rings. The van der Waals surface area contributed by atoms with Crippen molar-refractivity contribution in [3.8, 4) is 11.5 Å². The topological polar surface area (TPSA) is 52.4 Å². The van der Waals surface area contributed by atoms with Crippen molar-refractivity contribution in [1.29, 1.82) is 0 Å². The van der Waals surface area contributed by atoms with Gasteiger partial charge in [0.1, 0.15) is 19.0 Å². The molecule has 1 fully saturated rings. The van der Waals surface area contributed by atoms with E-state index in [1.165, 1.54) is 18.4 Å². The molecule has 3 aromatic rings. The third kappa shape index (κ3) is 4.84. The van der Waals surface area contributed by atoms with Crippen LogP contribution in [0, 0.1) is 0 Å². The lowest BCUT2D eigenvalue weighted by Gasteiger charge is -2.20. The fourth-order valence-corrected chi connectivity index (χ4v) is 5.18. The predicted molar refractivity (Wildman–Crippen MR) is 122 cm³/mol. The molecule has 1 saturated heterocycles. The van der Waals surface area contributed by atoms with Gasteiger partial charge in [0.25, 0.3) is 0 Å². The van der Waals surface area contributed by atoms with Crippen molar-refractivity contribution in [2.45, 2.75) is 36.8 Å². The van der Waals surface area contributed by atoms with E-state index in [-0.39, 0.29) is 0 Å². The number of aromatic nitrogens is 3. The molecule has 5 rings (SSSR count). The Labute approximate surface area is 191 Å². The summed E-state index contributed by atoms with van der Waals surface area (Å²) in [5.41, 5.74) is 2.32. The van der Waals surface area contributed by atoms with Crippen LogP contribution < -0.4 is 9.47 Å². The van der Waals surface area contributed by atoms with Crippen molar-refractivity contribution in [1.82, 2.24) is 19.7 Å². The van der Waals surface area contributed by atoms with E-state index in [2.05, 4.69) is 43.9 Å². The summed E-state index contributed by atoms with van der Waals surface area (Å²) < 4.78 is 13.6. The summed E-state index contributed by atoms with van der Waals surface area (Å²) in [6.45, 7) is 4.96. The van der Waals surface area contributed by atoms with Crippen LogP contribution in [0.4, 0.5) is 0 Å². The summed E-state index contributed by atoms with van der Waals surface area (Å²) in [5, 5.41) is 10.6. The summed E-state index contributed by atoms with van der Waals surface area (Å²) in [5.74, 6) is 3.11. The molecule has 0 bridgehead atoms. The molecule has 0 atom stereocenters. The number of halogens is 1. The first-order chi connectivity index (χ1) is 15.3. The van der Waals surface area contributed by atoms with Crippen LogP contribution in [-0.2, 0) is 18.8 Å². The first-order valence-electron chi connectivity index (χ1n) is 10.7. The van der Waals surface area contributed by atoms with Gasteiger partial charge in [0, 0.05) is 5.75 Å². The Balaban J connectivity index is 1.36. The molecular weight excluding hydrogens is 432 g/mol. The highest BCUT2D eigenvalue weighted by molar-refractivity contribution is 7.98. The van der Waals surface area contributed by atoms with Crippen LogP contribution in [0.15, 0.2) is 47.6 Å². The maximum absolute atomic E-state index is 6.41. The maximum Gasteiger partial charge on any atom is 0.191 e. The Hall–Kier alpha value is -2.22. The highest BCUT2D eigenvalue weighted by atomic mass is 35.5. The van der Waals surface area contributed by atoms with E-state index in [1.807, 2.05) is 18.2 Å². The van der Waals surface area contributed by atoms with E-state index in [1.54, 1.807) is 11.8 Å². The van der Waals surface area contributed by atoms with Gasteiger partial charge in [-0.3, -0.25) is 4.90 Å². The van der Waals surface area contributed by atoms with Gasteiger partial charge in [0.15, 0.2) is 16.7 Å². The minimum absolute atomic E-state index is 0.531. The zero-order chi connectivity index (χ0) is 21.0. The number of hydrogen-bond donors (Lipinski definition) is 0. The summed E-state index contributed by atoms with van der Waals surface area (Å²) in [6, 6.07) is 14.4. The van der Waals surface area contributed by atoms with Crippen molar-refractivity contribution in [3.63, 3.8) is 0 Å². The van der Waals surface area contributed by atoms with E-state index in [0.29, 0.717) is 24.0 Å². The molecule has 0 aliphatic carbocycles. The van der Waals surface area contributed by atoms with Crippen molar-refractivity contribution >= 4 is 23.4 Å². The van der Waals surface area contributed by atoms with Gasteiger partial charge < -0.3 is 14.0 Å². The van der Waals surface area contributed by atoms with Gasteiger partial charge in [-0.15, -0.1) is 10.2 Å². The Morgan fingerprint density at radius 2 is 1.74 bits per heavy atom. The van der Waals surface area contributed by atoms with Crippen molar-refractivity contribution < 1.29 is 9.47 Å². The first-order valence-corrected chi connectivity index (χ1v) is 12.0. The van der Waals surface area contributed by atoms with Gasteiger partial charge in [-0.2, -0.15) is 0 Å². The standard InChI is InChI=1S/C23H25ClN4O2S/c24-19-12-18(13-20-22(19)30-11-10-29-20)16-31-23-26-25-21(15-27-8-4-5-9-27)28(23)14-17-6-2-1-3-7-17/h1-3,6-7,12-13H,4-5,8-11,14-16H2. The average molecular weight is 457 g/mol. The molecule has 0 radical (unpaired) electrons. The monoisotopic (exact) mass is 456 g/mol. The molecule has 0 saturated carbocycles. The molecule has 6 nitrogen and oxygen atoms in total. The van der Waals surface area contributed by atoms with E-state index < -0.39 is 0 Å². The van der Waals surface area contributed by atoms with Crippen LogP contribution in [-0.4, -0.2) is 46.0 Å². The van der Waals surface area contributed by atoms with E-state index in [0.717, 1.165) is 54.2 Å². The molecule has 2 aliphatic heterocycles. The van der Waals surface area contributed by atoms with Gasteiger partial charge in [-0.1, -0.05) is 53.7 Å². The number of nitrogens with zero attached hydrogens (tertiary/aromatic N) is 4. The van der Waals surface area contributed by atoms with Crippen LogP contribution in [0.2, 0.25) is 5.02 Å². The normalized spacial score (nSPS) is 16.0. The molecule has 0 spiro atoms. The van der Waals surface area contributed by atoms with Crippen molar-refractivity contribution in [2.75, 3.05) is 26.3 Å². The lowest BCUT2D eigenvalue weighted by molar-refractivity contribution is 0.171. The van der Waals surface area contributed by atoms with Crippen LogP contribution in [0.1, 0.15) is 29.8 Å². The fourth-order valence-electron chi connectivity index (χ4n) is 4.00. The fraction of sp³-hybridized carbons (Fsp3) is 0.391. The van der Waals surface area contributed by atoms with Gasteiger partial charge in [-0.05, 0) is 49.2 Å². The first kappa shape index (κ1) is 20.7. The Bertz CT molecular complexity index is 1040. The molecule has 0 amide bonds. The number of hydrogen-bond acceptors (Lipinski definition) is 6.